The molecule has 2 fully saturated rings. The van der Waals surface area contributed by atoms with Gasteiger partial charge in [-0.1, -0.05) is 0 Å². The third-order valence-electron chi connectivity index (χ3n) is 5.66. The Kier molecular flexibility index (Phi) is 6.32. The summed E-state index contributed by atoms with van der Waals surface area (Å²) in [6.45, 7) is 5.97. The van der Waals surface area contributed by atoms with Crippen molar-refractivity contribution in [2.45, 2.75) is 51.3 Å². The third-order valence-corrected chi connectivity index (χ3v) is 5.66. The normalized spacial score (nSPS) is 21.6. The number of likely N-dealkylation sites (tertiary alicyclic amines) is 1. The van der Waals surface area contributed by atoms with Crippen molar-refractivity contribution in [3.63, 3.8) is 0 Å². The smallest absolute Gasteiger partial charge is 0.222 e. The van der Waals surface area contributed by atoms with Crippen molar-refractivity contribution in [2.75, 3.05) is 31.6 Å². The topological polar surface area (TPSA) is 68.1 Å². The van der Waals surface area contributed by atoms with E-state index < -0.39 is 0 Å². The average Bonchev–Trinajstić information content (AvgIpc) is 3.41. The number of hydrogen-bond donors (Lipinski definition) is 1. The predicted octanol–water partition coefficient (Wildman–Crippen LogP) is 2.57. The van der Waals surface area contributed by atoms with E-state index in [0.29, 0.717) is 12.1 Å². The molecule has 0 aliphatic carbocycles. The van der Waals surface area contributed by atoms with Crippen LogP contribution in [0.4, 0.5) is 5.95 Å². The number of aryl methyl sites for hydroxylation is 1. The molecule has 2 aliphatic rings. The molecule has 0 saturated carbocycles. The summed E-state index contributed by atoms with van der Waals surface area (Å²) in [5, 5.41) is 7.58. The van der Waals surface area contributed by atoms with Gasteiger partial charge in [-0.2, -0.15) is 5.10 Å². The van der Waals surface area contributed by atoms with Crippen molar-refractivity contribution >= 4 is 5.95 Å². The minimum atomic E-state index is 0.308. The molecule has 27 heavy (non-hydrogen) atoms. The molecule has 4 heterocycles. The molecular formula is C20H30N6O. The van der Waals surface area contributed by atoms with E-state index in [1.807, 2.05) is 29.3 Å². The molecule has 4 rings (SSSR count). The maximum Gasteiger partial charge on any atom is 0.222 e. The predicted molar refractivity (Wildman–Crippen MR) is 104 cm³/mol. The lowest BCUT2D eigenvalue weighted by molar-refractivity contribution is 0.120. The van der Waals surface area contributed by atoms with Gasteiger partial charge in [0, 0.05) is 56.6 Å². The molecule has 7 nitrogen and oxygen atoms in total. The van der Waals surface area contributed by atoms with Crippen LogP contribution in [0, 0.1) is 5.92 Å². The molecular weight excluding hydrogens is 340 g/mol. The minimum Gasteiger partial charge on any atom is -0.376 e. The summed E-state index contributed by atoms with van der Waals surface area (Å²) in [6.07, 6.45) is 14.2. The second-order valence-electron chi connectivity index (χ2n) is 7.71. The second kappa shape index (κ2) is 9.28. The van der Waals surface area contributed by atoms with Gasteiger partial charge in [-0.25, -0.2) is 9.97 Å². The number of aromatic nitrogens is 4. The van der Waals surface area contributed by atoms with E-state index >= 15 is 0 Å². The fraction of sp³-hybridized carbons (Fsp3) is 0.650. The van der Waals surface area contributed by atoms with Crippen molar-refractivity contribution in [3.8, 4) is 0 Å². The number of ether oxygens (including phenoxy) is 1. The fourth-order valence-electron chi connectivity index (χ4n) is 3.98. The lowest BCUT2D eigenvalue weighted by Gasteiger charge is -2.31. The van der Waals surface area contributed by atoms with E-state index in [-0.39, 0.29) is 0 Å². The highest BCUT2D eigenvalue weighted by Crippen LogP contribution is 2.22. The van der Waals surface area contributed by atoms with Crippen LogP contribution in [0.15, 0.2) is 30.9 Å². The first-order valence-corrected chi connectivity index (χ1v) is 10.2. The highest BCUT2D eigenvalue weighted by Gasteiger charge is 2.19. The molecule has 0 spiro atoms. The molecule has 2 aromatic heterocycles. The zero-order valence-electron chi connectivity index (χ0n) is 16.0. The minimum absolute atomic E-state index is 0.308. The van der Waals surface area contributed by atoms with E-state index in [9.17, 15) is 0 Å². The average molecular weight is 371 g/mol. The van der Waals surface area contributed by atoms with E-state index in [1.165, 1.54) is 24.8 Å². The van der Waals surface area contributed by atoms with Gasteiger partial charge in [0.05, 0.1) is 6.10 Å². The molecule has 0 bridgehead atoms. The Morgan fingerprint density at radius 3 is 2.70 bits per heavy atom. The van der Waals surface area contributed by atoms with Crippen molar-refractivity contribution in [3.05, 3.63) is 36.4 Å². The molecule has 1 atom stereocenters. The van der Waals surface area contributed by atoms with E-state index in [4.69, 9.17) is 4.74 Å². The summed E-state index contributed by atoms with van der Waals surface area (Å²) in [5.74, 6) is 1.51. The molecule has 2 aromatic rings. The van der Waals surface area contributed by atoms with Crippen LogP contribution >= 0.6 is 0 Å². The van der Waals surface area contributed by atoms with Gasteiger partial charge in [0.2, 0.25) is 5.95 Å². The first-order chi connectivity index (χ1) is 13.3. The van der Waals surface area contributed by atoms with Gasteiger partial charge >= 0.3 is 0 Å². The molecule has 0 unspecified atom stereocenters. The molecule has 1 N–H and O–H groups in total. The summed E-state index contributed by atoms with van der Waals surface area (Å²) < 4.78 is 7.66. The maximum atomic E-state index is 5.62. The SMILES string of the molecule is c1cnn(CCC2CCN(Cc3cnc(NC[C@H]4CCCO4)nc3)CC2)c1. The first kappa shape index (κ1) is 18.4. The van der Waals surface area contributed by atoms with Crippen LogP contribution in [0.5, 0.6) is 0 Å². The van der Waals surface area contributed by atoms with Crippen LogP contribution in [0.25, 0.3) is 0 Å². The van der Waals surface area contributed by atoms with Crippen molar-refractivity contribution in [1.29, 1.82) is 0 Å². The van der Waals surface area contributed by atoms with E-state index in [2.05, 4.69) is 31.5 Å². The van der Waals surface area contributed by atoms with Crippen LogP contribution in [-0.2, 0) is 17.8 Å². The Bertz CT molecular complexity index is 660. The molecule has 0 radical (unpaired) electrons. The molecule has 2 saturated heterocycles. The van der Waals surface area contributed by atoms with Crippen LogP contribution in [0.1, 0.15) is 37.7 Å². The Hall–Kier alpha value is -1.99. The maximum absolute atomic E-state index is 5.62. The Balaban J connectivity index is 1.16. The van der Waals surface area contributed by atoms with Crippen LogP contribution in [0.2, 0.25) is 0 Å². The van der Waals surface area contributed by atoms with Gasteiger partial charge in [-0.15, -0.1) is 0 Å². The molecule has 146 valence electrons. The Labute approximate surface area is 161 Å². The molecule has 7 heteroatoms. The fourth-order valence-corrected chi connectivity index (χ4v) is 3.98. The molecule has 0 amide bonds. The van der Waals surface area contributed by atoms with Crippen molar-refractivity contribution in [1.82, 2.24) is 24.6 Å². The lowest BCUT2D eigenvalue weighted by Crippen LogP contribution is -2.33. The summed E-state index contributed by atoms with van der Waals surface area (Å²) in [5.41, 5.74) is 1.19. The summed E-state index contributed by atoms with van der Waals surface area (Å²) in [6, 6.07) is 1.99. The first-order valence-electron chi connectivity index (χ1n) is 10.2. The van der Waals surface area contributed by atoms with Gasteiger partial charge in [0.15, 0.2) is 0 Å². The zero-order valence-corrected chi connectivity index (χ0v) is 16.0. The lowest BCUT2D eigenvalue weighted by atomic mass is 9.93. The highest BCUT2D eigenvalue weighted by molar-refractivity contribution is 5.25. The second-order valence-corrected chi connectivity index (χ2v) is 7.71. The highest BCUT2D eigenvalue weighted by atomic mass is 16.5. The van der Waals surface area contributed by atoms with E-state index in [1.54, 1.807) is 0 Å². The standard InChI is InChI=1S/C20H30N6O/c1-3-19(27-12-1)15-23-20-21-13-18(14-22-20)16-25-9-4-17(5-10-25)6-11-26-8-2-7-24-26/h2,7-8,13-14,17,19H,1,3-6,9-12,15-16H2,(H,21,22,23)/t19-/m1/s1. The van der Waals surface area contributed by atoms with Crippen LogP contribution in [-0.4, -0.2) is 57.0 Å². The summed E-state index contributed by atoms with van der Waals surface area (Å²) in [7, 11) is 0. The molecule has 0 aromatic carbocycles. The summed E-state index contributed by atoms with van der Waals surface area (Å²) >= 11 is 0. The Morgan fingerprint density at radius 1 is 1.15 bits per heavy atom. The van der Waals surface area contributed by atoms with Gasteiger partial charge in [-0.3, -0.25) is 9.58 Å². The largest absolute Gasteiger partial charge is 0.376 e. The zero-order chi connectivity index (χ0) is 18.3. The number of anilines is 1. The van der Waals surface area contributed by atoms with Crippen LogP contribution in [0.3, 0.4) is 0 Å². The van der Waals surface area contributed by atoms with Gasteiger partial charge in [0.1, 0.15) is 0 Å². The molecule has 2 aliphatic heterocycles. The van der Waals surface area contributed by atoms with Crippen molar-refractivity contribution in [2.24, 2.45) is 5.92 Å². The van der Waals surface area contributed by atoms with Gasteiger partial charge in [-0.05, 0) is 57.2 Å². The van der Waals surface area contributed by atoms with Crippen LogP contribution < -0.4 is 5.32 Å². The number of nitrogens with one attached hydrogen (secondary N) is 1. The quantitative estimate of drug-likeness (QED) is 0.770. The third kappa shape index (κ3) is 5.49. The monoisotopic (exact) mass is 370 g/mol. The van der Waals surface area contributed by atoms with E-state index in [0.717, 1.165) is 58.1 Å². The number of hydrogen-bond acceptors (Lipinski definition) is 6. The van der Waals surface area contributed by atoms with Crippen molar-refractivity contribution < 1.29 is 4.74 Å². The van der Waals surface area contributed by atoms with Gasteiger partial charge in [0.25, 0.3) is 0 Å². The van der Waals surface area contributed by atoms with Gasteiger partial charge < -0.3 is 10.1 Å². The Morgan fingerprint density at radius 2 is 2.00 bits per heavy atom. The number of rotatable bonds is 8. The summed E-state index contributed by atoms with van der Waals surface area (Å²) in [4.78, 5) is 11.4. The number of piperidine rings is 1. The number of nitrogens with zero attached hydrogens (tertiary/aromatic N) is 5.